The molecule has 2 aromatic rings. The molecule has 0 saturated carbocycles. The first-order valence-electron chi connectivity index (χ1n) is 9.22. The zero-order valence-electron chi connectivity index (χ0n) is 15.6. The van der Waals surface area contributed by atoms with Crippen LogP contribution in [0.15, 0.2) is 48.5 Å². The summed E-state index contributed by atoms with van der Waals surface area (Å²) in [7, 11) is 0. The molecule has 1 N–H and O–H groups in total. The largest absolute Gasteiger partial charge is 0.494 e. The zero-order chi connectivity index (χ0) is 18.4. The van der Waals surface area contributed by atoms with Gasteiger partial charge in [-0.2, -0.15) is 0 Å². The molecule has 1 aliphatic heterocycles. The number of ether oxygens (including phenoxy) is 1. The Balaban J connectivity index is 1.47. The molecule has 0 aromatic heterocycles. The SMILES string of the molecule is CCOc1ccc(N2CCN(C(=O)NCc3cccc(C)c3)CC2)cc1. The summed E-state index contributed by atoms with van der Waals surface area (Å²) in [5, 5.41) is 3.02. The Kier molecular flexibility index (Phi) is 6.00. The number of aryl methyl sites for hydroxylation is 1. The first kappa shape index (κ1) is 18.1. The first-order chi connectivity index (χ1) is 12.7. The summed E-state index contributed by atoms with van der Waals surface area (Å²) in [6, 6.07) is 16.4. The van der Waals surface area contributed by atoms with Crippen molar-refractivity contribution >= 4 is 11.7 Å². The second kappa shape index (κ2) is 8.61. The minimum Gasteiger partial charge on any atom is -0.494 e. The molecule has 1 aliphatic rings. The lowest BCUT2D eigenvalue weighted by molar-refractivity contribution is 0.194. The van der Waals surface area contributed by atoms with Crippen LogP contribution in [0, 0.1) is 6.92 Å². The van der Waals surface area contributed by atoms with E-state index in [2.05, 4.69) is 41.4 Å². The van der Waals surface area contributed by atoms with Crippen LogP contribution in [-0.2, 0) is 6.54 Å². The minimum absolute atomic E-state index is 0.0119. The van der Waals surface area contributed by atoms with Crippen molar-refractivity contribution < 1.29 is 9.53 Å². The number of hydrogen-bond donors (Lipinski definition) is 1. The molecular formula is C21H27N3O2. The third kappa shape index (κ3) is 4.69. The van der Waals surface area contributed by atoms with Crippen LogP contribution in [0.2, 0.25) is 0 Å². The van der Waals surface area contributed by atoms with E-state index in [0.717, 1.165) is 37.5 Å². The van der Waals surface area contributed by atoms with Crippen molar-refractivity contribution in [3.8, 4) is 5.75 Å². The number of anilines is 1. The van der Waals surface area contributed by atoms with E-state index >= 15 is 0 Å². The predicted molar refractivity (Wildman–Crippen MR) is 105 cm³/mol. The second-order valence-corrected chi connectivity index (χ2v) is 6.55. The second-order valence-electron chi connectivity index (χ2n) is 6.55. The number of piperazine rings is 1. The summed E-state index contributed by atoms with van der Waals surface area (Å²) in [5.41, 5.74) is 3.51. The molecule has 3 rings (SSSR count). The van der Waals surface area contributed by atoms with E-state index < -0.39 is 0 Å². The Labute approximate surface area is 155 Å². The van der Waals surface area contributed by atoms with Gasteiger partial charge in [-0.1, -0.05) is 29.8 Å². The van der Waals surface area contributed by atoms with Crippen molar-refractivity contribution in [2.75, 3.05) is 37.7 Å². The molecule has 138 valence electrons. The van der Waals surface area contributed by atoms with E-state index in [-0.39, 0.29) is 6.03 Å². The summed E-state index contributed by atoms with van der Waals surface area (Å²) < 4.78 is 5.49. The van der Waals surface area contributed by atoms with Crippen molar-refractivity contribution in [3.63, 3.8) is 0 Å². The molecule has 5 heteroatoms. The molecule has 0 atom stereocenters. The molecule has 0 unspecified atom stereocenters. The Morgan fingerprint density at radius 1 is 1.08 bits per heavy atom. The van der Waals surface area contributed by atoms with E-state index in [1.165, 1.54) is 11.3 Å². The number of benzene rings is 2. The van der Waals surface area contributed by atoms with Crippen molar-refractivity contribution in [3.05, 3.63) is 59.7 Å². The number of amides is 2. The lowest BCUT2D eigenvalue weighted by Gasteiger charge is -2.36. The number of carbonyl (C=O) groups is 1. The lowest BCUT2D eigenvalue weighted by atomic mass is 10.1. The average molecular weight is 353 g/mol. The highest BCUT2D eigenvalue weighted by atomic mass is 16.5. The normalized spacial score (nSPS) is 14.2. The third-order valence-corrected chi connectivity index (χ3v) is 4.61. The smallest absolute Gasteiger partial charge is 0.317 e. The summed E-state index contributed by atoms with van der Waals surface area (Å²) >= 11 is 0. The maximum atomic E-state index is 12.4. The highest BCUT2D eigenvalue weighted by Crippen LogP contribution is 2.20. The number of urea groups is 1. The molecule has 0 aliphatic carbocycles. The first-order valence-corrected chi connectivity index (χ1v) is 9.22. The molecule has 1 heterocycles. The van der Waals surface area contributed by atoms with Crippen LogP contribution in [0.5, 0.6) is 5.75 Å². The topological polar surface area (TPSA) is 44.8 Å². The van der Waals surface area contributed by atoms with E-state index in [0.29, 0.717) is 13.2 Å². The van der Waals surface area contributed by atoms with Crippen LogP contribution in [0.25, 0.3) is 0 Å². The van der Waals surface area contributed by atoms with Crippen molar-refractivity contribution in [1.29, 1.82) is 0 Å². The van der Waals surface area contributed by atoms with E-state index in [4.69, 9.17) is 4.74 Å². The summed E-state index contributed by atoms with van der Waals surface area (Å²) in [6.45, 7) is 8.43. The molecule has 2 amide bonds. The number of nitrogens with one attached hydrogen (secondary N) is 1. The van der Waals surface area contributed by atoms with Crippen LogP contribution in [0.3, 0.4) is 0 Å². The molecule has 0 bridgehead atoms. The maximum absolute atomic E-state index is 12.4. The van der Waals surface area contributed by atoms with Crippen LogP contribution in [0.1, 0.15) is 18.1 Å². The van der Waals surface area contributed by atoms with Gasteiger partial charge in [0.25, 0.3) is 0 Å². The highest BCUT2D eigenvalue weighted by Gasteiger charge is 2.21. The fourth-order valence-electron chi connectivity index (χ4n) is 3.20. The monoisotopic (exact) mass is 353 g/mol. The number of hydrogen-bond acceptors (Lipinski definition) is 3. The standard InChI is InChI=1S/C21H27N3O2/c1-3-26-20-9-7-19(8-10-20)23-11-13-24(14-12-23)21(25)22-16-18-6-4-5-17(2)15-18/h4-10,15H,3,11-14,16H2,1-2H3,(H,22,25). The Morgan fingerprint density at radius 2 is 1.81 bits per heavy atom. The van der Waals surface area contributed by atoms with Gasteiger partial charge in [-0.25, -0.2) is 4.79 Å². The van der Waals surface area contributed by atoms with Gasteiger partial charge in [0.1, 0.15) is 5.75 Å². The molecular weight excluding hydrogens is 326 g/mol. The van der Waals surface area contributed by atoms with E-state index in [9.17, 15) is 4.79 Å². The minimum atomic E-state index is 0.0119. The molecule has 0 radical (unpaired) electrons. The van der Waals surface area contributed by atoms with Gasteiger partial charge >= 0.3 is 6.03 Å². The lowest BCUT2D eigenvalue weighted by Crippen LogP contribution is -2.51. The van der Waals surface area contributed by atoms with Gasteiger partial charge in [0.05, 0.1) is 6.61 Å². The van der Waals surface area contributed by atoms with Crippen molar-refractivity contribution in [2.24, 2.45) is 0 Å². The van der Waals surface area contributed by atoms with Crippen LogP contribution in [-0.4, -0.2) is 43.7 Å². The van der Waals surface area contributed by atoms with Gasteiger partial charge in [-0.3, -0.25) is 0 Å². The number of rotatable bonds is 5. The molecule has 0 spiro atoms. The van der Waals surface area contributed by atoms with Gasteiger partial charge in [0.2, 0.25) is 0 Å². The number of nitrogens with zero attached hydrogens (tertiary/aromatic N) is 2. The van der Waals surface area contributed by atoms with Gasteiger partial charge in [-0.15, -0.1) is 0 Å². The predicted octanol–water partition coefficient (Wildman–Crippen LogP) is 3.43. The van der Waals surface area contributed by atoms with Crippen molar-refractivity contribution in [1.82, 2.24) is 10.2 Å². The van der Waals surface area contributed by atoms with Crippen LogP contribution < -0.4 is 15.0 Å². The Hall–Kier alpha value is -2.69. The fraction of sp³-hybridized carbons (Fsp3) is 0.381. The molecule has 5 nitrogen and oxygen atoms in total. The van der Waals surface area contributed by atoms with Gasteiger partial charge in [0.15, 0.2) is 0 Å². The third-order valence-electron chi connectivity index (χ3n) is 4.61. The average Bonchev–Trinajstić information content (AvgIpc) is 2.67. The van der Waals surface area contributed by atoms with Gasteiger partial charge < -0.3 is 19.9 Å². The Morgan fingerprint density at radius 3 is 2.46 bits per heavy atom. The van der Waals surface area contributed by atoms with E-state index in [1.54, 1.807) is 0 Å². The highest BCUT2D eigenvalue weighted by molar-refractivity contribution is 5.74. The van der Waals surface area contributed by atoms with Crippen LogP contribution >= 0.6 is 0 Å². The molecule has 1 fully saturated rings. The Bertz CT molecular complexity index is 722. The zero-order valence-corrected chi connectivity index (χ0v) is 15.6. The summed E-state index contributed by atoms with van der Waals surface area (Å²) in [5.74, 6) is 0.894. The van der Waals surface area contributed by atoms with Gasteiger partial charge in [-0.05, 0) is 43.7 Å². The quantitative estimate of drug-likeness (QED) is 0.896. The number of carbonyl (C=O) groups excluding carboxylic acids is 1. The molecule has 2 aromatic carbocycles. The molecule has 26 heavy (non-hydrogen) atoms. The van der Waals surface area contributed by atoms with E-state index in [1.807, 2.05) is 36.1 Å². The molecule has 1 saturated heterocycles. The fourth-order valence-corrected chi connectivity index (χ4v) is 3.20. The maximum Gasteiger partial charge on any atom is 0.317 e. The summed E-state index contributed by atoms with van der Waals surface area (Å²) in [4.78, 5) is 16.6. The summed E-state index contributed by atoms with van der Waals surface area (Å²) in [6.07, 6.45) is 0. The van der Waals surface area contributed by atoms with Crippen molar-refractivity contribution in [2.45, 2.75) is 20.4 Å². The van der Waals surface area contributed by atoms with Gasteiger partial charge in [0, 0.05) is 38.4 Å². The van der Waals surface area contributed by atoms with Crippen LogP contribution in [0.4, 0.5) is 10.5 Å².